The molecule has 0 heterocycles. The summed E-state index contributed by atoms with van der Waals surface area (Å²) in [6.45, 7) is 3.93. The Hall–Kier alpha value is -4.18. The Bertz CT molecular complexity index is 1200. The second-order valence-corrected chi connectivity index (χ2v) is 9.21. The molecule has 182 valence electrons. The topological polar surface area (TPSA) is 66.4 Å². The maximum Gasteiger partial charge on any atom is 0.326 e. The van der Waals surface area contributed by atoms with Gasteiger partial charge in [0.05, 0.1) is 5.41 Å². The largest absolute Gasteiger partial charge is 0.480 e. The fourth-order valence-corrected chi connectivity index (χ4v) is 5.04. The van der Waals surface area contributed by atoms with Crippen LogP contribution in [0.3, 0.4) is 0 Å². The standard InChI is InChI=1S/C32H31NO3/c1-23-13-12-14-24(2)28(23)21-29(31(35)36)33-30(34)22-32(25-15-6-3-7-16-25,26-17-8-4-9-18-26)27-19-10-5-11-20-27/h3-20,29H,21-22H2,1-2H3,(H,33,34)(H,35,36)/t29-/m0/s1. The zero-order chi connectivity index (χ0) is 25.5. The maximum atomic E-state index is 13.7. The number of carboxylic acid groups (broad SMARTS) is 1. The summed E-state index contributed by atoms with van der Waals surface area (Å²) in [7, 11) is 0. The van der Waals surface area contributed by atoms with Crippen LogP contribution in [0.2, 0.25) is 0 Å². The molecule has 0 saturated heterocycles. The number of aliphatic carboxylic acids is 1. The highest BCUT2D eigenvalue weighted by molar-refractivity contribution is 5.86. The van der Waals surface area contributed by atoms with Gasteiger partial charge in [0.1, 0.15) is 6.04 Å². The summed E-state index contributed by atoms with van der Waals surface area (Å²) in [6.07, 6.45) is 0.302. The van der Waals surface area contributed by atoms with Crippen LogP contribution in [0.4, 0.5) is 0 Å². The first-order valence-electron chi connectivity index (χ1n) is 12.2. The molecule has 0 fully saturated rings. The zero-order valence-electron chi connectivity index (χ0n) is 20.6. The summed E-state index contributed by atoms with van der Waals surface area (Å²) in [5.41, 5.74) is 5.11. The lowest BCUT2D eigenvalue weighted by molar-refractivity contribution is -0.141. The molecular weight excluding hydrogens is 446 g/mol. The van der Waals surface area contributed by atoms with Gasteiger partial charge < -0.3 is 10.4 Å². The molecule has 2 N–H and O–H groups in total. The van der Waals surface area contributed by atoms with Crippen molar-refractivity contribution in [2.24, 2.45) is 0 Å². The van der Waals surface area contributed by atoms with Gasteiger partial charge in [-0.05, 0) is 47.2 Å². The molecule has 0 bridgehead atoms. The average molecular weight is 478 g/mol. The SMILES string of the molecule is Cc1cccc(C)c1C[C@H](NC(=O)CC(c1ccccc1)(c1ccccc1)c1ccccc1)C(=O)O. The molecule has 0 aliphatic carbocycles. The molecule has 1 atom stereocenters. The minimum absolute atomic E-state index is 0.0710. The molecule has 0 aromatic heterocycles. The van der Waals surface area contributed by atoms with E-state index in [0.717, 1.165) is 33.4 Å². The van der Waals surface area contributed by atoms with Crippen LogP contribution in [0, 0.1) is 13.8 Å². The lowest BCUT2D eigenvalue weighted by Crippen LogP contribution is -2.45. The minimum atomic E-state index is -1.05. The normalized spacial score (nSPS) is 12.1. The third kappa shape index (κ3) is 5.23. The van der Waals surface area contributed by atoms with Crippen molar-refractivity contribution >= 4 is 11.9 Å². The van der Waals surface area contributed by atoms with Crippen molar-refractivity contribution in [1.82, 2.24) is 5.32 Å². The maximum absolute atomic E-state index is 13.7. The molecule has 0 unspecified atom stereocenters. The van der Waals surface area contributed by atoms with Gasteiger partial charge in [0, 0.05) is 12.8 Å². The third-order valence-corrected chi connectivity index (χ3v) is 6.91. The second-order valence-electron chi connectivity index (χ2n) is 9.21. The number of hydrogen-bond donors (Lipinski definition) is 2. The number of nitrogens with one attached hydrogen (secondary N) is 1. The van der Waals surface area contributed by atoms with Crippen LogP contribution >= 0.6 is 0 Å². The zero-order valence-corrected chi connectivity index (χ0v) is 20.6. The molecular formula is C32H31NO3. The van der Waals surface area contributed by atoms with Crippen molar-refractivity contribution in [1.29, 1.82) is 0 Å². The van der Waals surface area contributed by atoms with Crippen LogP contribution in [-0.4, -0.2) is 23.0 Å². The first-order valence-corrected chi connectivity index (χ1v) is 12.2. The number of amides is 1. The summed E-state index contributed by atoms with van der Waals surface area (Å²) in [5.74, 6) is -1.36. The molecule has 0 saturated carbocycles. The van der Waals surface area contributed by atoms with E-state index in [1.54, 1.807) is 0 Å². The van der Waals surface area contributed by atoms with Crippen molar-refractivity contribution in [2.75, 3.05) is 0 Å². The molecule has 4 aromatic rings. The number of carboxylic acids is 1. The van der Waals surface area contributed by atoms with Gasteiger partial charge in [-0.25, -0.2) is 4.79 Å². The van der Waals surface area contributed by atoms with Crippen LogP contribution in [0.15, 0.2) is 109 Å². The van der Waals surface area contributed by atoms with Gasteiger partial charge in [0.2, 0.25) is 5.91 Å². The van der Waals surface area contributed by atoms with Crippen LogP contribution in [-0.2, 0) is 21.4 Å². The highest BCUT2D eigenvalue weighted by Gasteiger charge is 2.39. The predicted octanol–water partition coefficient (Wildman–Crippen LogP) is 5.84. The van der Waals surface area contributed by atoms with Crippen LogP contribution in [0.1, 0.15) is 39.8 Å². The molecule has 0 aliphatic rings. The Morgan fingerprint density at radius 1 is 0.694 bits per heavy atom. The number of benzene rings is 4. The molecule has 0 aliphatic heterocycles. The Morgan fingerprint density at radius 2 is 1.11 bits per heavy atom. The molecule has 36 heavy (non-hydrogen) atoms. The Balaban J connectivity index is 1.74. The highest BCUT2D eigenvalue weighted by atomic mass is 16.4. The minimum Gasteiger partial charge on any atom is -0.480 e. The lowest BCUT2D eigenvalue weighted by atomic mass is 9.67. The van der Waals surface area contributed by atoms with Crippen LogP contribution in [0.5, 0.6) is 0 Å². The first-order chi connectivity index (χ1) is 17.4. The summed E-state index contributed by atoms with van der Waals surface area (Å²) in [6, 6.07) is 34.7. The van der Waals surface area contributed by atoms with Crippen molar-refractivity contribution in [3.8, 4) is 0 Å². The molecule has 4 nitrogen and oxygen atoms in total. The molecule has 4 rings (SSSR count). The van der Waals surface area contributed by atoms with Crippen molar-refractivity contribution in [3.05, 3.63) is 143 Å². The van der Waals surface area contributed by atoms with Crippen molar-refractivity contribution in [2.45, 2.75) is 38.1 Å². The number of aryl methyl sites for hydroxylation is 2. The third-order valence-electron chi connectivity index (χ3n) is 6.91. The van der Waals surface area contributed by atoms with E-state index in [1.807, 2.05) is 123 Å². The van der Waals surface area contributed by atoms with Crippen molar-refractivity contribution < 1.29 is 14.7 Å². The van der Waals surface area contributed by atoms with Gasteiger partial charge in [-0.1, -0.05) is 109 Å². The van der Waals surface area contributed by atoms with E-state index >= 15 is 0 Å². The van der Waals surface area contributed by atoms with E-state index in [4.69, 9.17) is 0 Å². The Kier molecular flexibility index (Phi) is 7.65. The summed E-state index contributed by atoms with van der Waals surface area (Å²) < 4.78 is 0. The lowest BCUT2D eigenvalue weighted by Gasteiger charge is -2.36. The van der Waals surface area contributed by atoms with Gasteiger partial charge >= 0.3 is 5.97 Å². The van der Waals surface area contributed by atoms with Crippen molar-refractivity contribution in [3.63, 3.8) is 0 Å². The van der Waals surface area contributed by atoms with Gasteiger partial charge in [0.25, 0.3) is 0 Å². The van der Waals surface area contributed by atoms with Crippen LogP contribution < -0.4 is 5.32 Å². The molecule has 1 amide bonds. The number of carbonyl (C=O) groups excluding carboxylic acids is 1. The summed E-state index contributed by atoms with van der Waals surface area (Å²) in [5, 5.41) is 12.8. The fraction of sp³-hybridized carbons (Fsp3) is 0.188. The van der Waals surface area contributed by atoms with Crippen LogP contribution in [0.25, 0.3) is 0 Å². The quantitative estimate of drug-likeness (QED) is 0.298. The van der Waals surface area contributed by atoms with Gasteiger partial charge in [0.15, 0.2) is 0 Å². The number of carbonyl (C=O) groups is 2. The smallest absolute Gasteiger partial charge is 0.326 e. The van der Waals surface area contributed by atoms with E-state index in [1.165, 1.54) is 0 Å². The number of rotatable bonds is 9. The average Bonchev–Trinajstić information content (AvgIpc) is 2.90. The second kappa shape index (κ2) is 11.0. The molecule has 4 aromatic carbocycles. The monoisotopic (exact) mass is 477 g/mol. The summed E-state index contributed by atoms with van der Waals surface area (Å²) >= 11 is 0. The van der Waals surface area contributed by atoms with Gasteiger partial charge in [-0.3, -0.25) is 4.79 Å². The number of hydrogen-bond acceptors (Lipinski definition) is 2. The van der Waals surface area contributed by atoms with Gasteiger partial charge in [-0.15, -0.1) is 0 Å². The van der Waals surface area contributed by atoms with E-state index in [-0.39, 0.29) is 18.7 Å². The van der Waals surface area contributed by atoms with E-state index in [0.29, 0.717) is 0 Å². The molecule has 0 radical (unpaired) electrons. The molecule has 4 heteroatoms. The molecule has 0 spiro atoms. The predicted molar refractivity (Wildman–Crippen MR) is 143 cm³/mol. The van der Waals surface area contributed by atoms with E-state index in [2.05, 4.69) is 5.32 Å². The first kappa shape index (κ1) is 24.9. The highest BCUT2D eigenvalue weighted by Crippen LogP contribution is 2.42. The fourth-order valence-electron chi connectivity index (χ4n) is 5.04. The van der Waals surface area contributed by atoms with E-state index < -0.39 is 17.4 Å². The van der Waals surface area contributed by atoms with E-state index in [9.17, 15) is 14.7 Å². The van der Waals surface area contributed by atoms with Gasteiger partial charge in [-0.2, -0.15) is 0 Å². The summed E-state index contributed by atoms with van der Waals surface area (Å²) in [4.78, 5) is 25.9. The Labute approximate surface area is 212 Å². The Morgan fingerprint density at radius 3 is 1.50 bits per heavy atom.